The van der Waals surface area contributed by atoms with E-state index in [-0.39, 0.29) is 10.9 Å². The molecule has 1 atom stereocenters. The van der Waals surface area contributed by atoms with Crippen LogP contribution in [0.15, 0.2) is 23.2 Å². The average Bonchev–Trinajstić information content (AvgIpc) is 2.28. The van der Waals surface area contributed by atoms with Crippen LogP contribution >= 0.6 is 0 Å². The lowest BCUT2D eigenvalue weighted by Crippen LogP contribution is -2.35. The maximum atomic E-state index is 11.9. The molecule has 0 aliphatic rings. The van der Waals surface area contributed by atoms with E-state index in [1.54, 1.807) is 6.92 Å². The number of nitrogens with two attached hydrogens (primary N) is 1. The highest BCUT2D eigenvalue weighted by molar-refractivity contribution is 7.89. The third-order valence-electron chi connectivity index (χ3n) is 1.97. The van der Waals surface area contributed by atoms with Gasteiger partial charge in [-0.1, -0.05) is 0 Å². The van der Waals surface area contributed by atoms with E-state index in [0.717, 1.165) is 0 Å². The summed E-state index contributed by atoms with van der Waals surface area (Å²) in [5.41, 5.74) is 2.32. The molecule has 1 unspecified atom stereocenters. The fourth-order valence-electron chi connectivity index (χ4n) is 1.24. The largest absolute Gasteiger partial charge is 0.383 e. The monoisotopic (exact) mass is 260 g/mol. The van der Waals surface area contributed by atoms with Crippen LogP contribution in [0.1, 0.15) is 6.92 Å². The van der Waals surface area contributed by atoms with Crippen LogP contribution in [-0.4, -0.2) is 33.2 Å². The van der Waals surface area contributed by atoms with Gasteiger partial charge in [-0.15, -0.1) is 0 Å². The highest BCUT2D eigenvalue weighted by Gasteiger charge is 2.17. The summed E-state index contributed by atoms with van der Waals surface area (Å²) in [4.78, 5) is 3.91. The molecular weight excluding hydrogens is 244 g/mol. The summed E-state index contributed by atoms with van der Waals surface area (Å²) in [5, 5.41) is 0. The summed E-state index contributed by atoms with van der Waals surface area (Å²) in [5.74, 6) is 5.53. The molecule has 1 aromatic heterocycles. The van der Waals surface area contributed by atoms with Crippen molar-refractivity contribution in [1.82, 2.24) is 9.71 Å². The number of methoxy groups -OCH3 is 1. The first-order valence-electron chi connectivity index (χ1n) is 4.93. The third-order valence-corrected chi connectivity index (χ3v) is 3.54. The van der Waals surface area contributed by atoms with Gasteiger partial charge in [-0.3, -0.25) is 0 Å². The Morgan fingerprint density at radius 3 is 2.71 bits per heavy atom. The van der Waals surface area contributed by atoms with Gasteiger partial charge in [0.25, 0.3) is 0 Å². The van der Waals surface area contributed by atoms with E-state index in [1.807, 2.05) is 0 Å². The Hall–Kier alpha value is -1.22. The second kappa shape index (κ2) is 5.92. The van der Waals surface area contributed by atoms with E-state index < -0.39 is 10.0 Å². The highest BCUT2D eigenvalue weighted by Crippen LogP contribution is 2.10. The normalized spacial score (nSPS) is 13.4. The zero-order valence-electron chi connectivity index (χ0n) is 9.67. The standard InChI is InChI=1S/C9H16N4O3S/c1-7(6-16-2)13-17(14,15)8-3-4-9(12-10)11-5-8/h3-5,7,13H,6,10H2,1-2H3,(H,11,12). The average molecular weight is 260 g/mol. The summed E-state index contributed by atoms with van der Waals surface area (Å²) in [6, 6.07) is 2.59. The molecule has 0 saturated heterocycles. The summed E-state index contributed by atoms with van der Waals surface area (Å²) in [7, 11) is -2.06. The van der Waals surface area contributed by atoms with Gasteiger partial charge in [0, 0.05) is 19.3 Å². The lowest BCUT2D eigenvalue weighted by molar-refractivity contribution is 0.180. The number of nitrogen functional groups attached to an aromatic ring is 1. The molecule has 1 aromatic rings. The Kier molecular flexibility index (Phi) is 4.82. The molecule has 7 nitrogen and oxygen atoms in total. The van der Waals surface area contributed by atoms with Crippen LogP contribution in [0.5, 0.6) is 0 Å². The molecule has 0 spiro atoms. The van der Waals surface area contributed by atoms with Crippen LogP contribution in [-0.2, 0) is 14.8 Å². The number of hydrogen-bond donors (Lipinski definition) is 3. The van der Waals surface area contributed by atoms with E-state index in [2.05, 4.69) is 15.1 Å². The van der Waals surface area contributed by atoms with Crippen molar-refractivity contribution in [2.75, 3.05) is 19.1 Å². The van der Waals surface area contributed by atoms with Crippen molar-refractivity contribution in [2.24, 2.45) is 5.84 Å². The molecule has 0 saturated carbocycles. The molecule has 0 bridgehead atoms. The maximum Gasteiger partial charge on any atom is 0.242 e. The van der Waals surface area contributed by atoms with Gasteiger partial charge in [0.15, 0.2) is 0 Å². The summed E-state index contributed by atoms with van der Waals surface area (Å²) in [6.07, 6.45) is 1.23. The van der Waals surface area contributed by atoms with Crippen LogP contribution in [0.4, 0.5) is 5.82 Å². The van der Waals surface area contributed by atoms with E-state index in [9.17, 15) is 8.42 Å². The number of pyridine rings is 1. The van der Waals surface area contributed by atoms with E-state index in [0.29, 0.717) is 12.4 Å². The van der Waals surface area contributed by atoms with Crippen molar-refractivity contribution < 1.29 is 13.2 Å². The molecule has 0 aliphatic heterocycles. The van der Waals surface area contributed by atoms with Gasteiger partial charge < -0.3 is 10.2 Å². The van der Waals surface area contributed by atoms with Crippen molar-refractivity contribution in [3.63, 3.8) is 0 Å². The van der Waals surface area contributed by atoms with Gasteiger partial charge in [-0.25, -0.2) is 24.0 Å². The van der Waals surface area contributed by atoms with Crippen molar-refractivity contribution in [2.45, 2.75) is 17.9 Å². The number of rotatable bonds is 6. The lowest BCUT2D eigenvalue weighted by Gasteiger charge is -2.13. The molecule has 0 aliphatic carbocycles. The first-order valence-corrected chi connectivity index (χ1v) is 6.42. The van der Waals surface area contributed by atoms with Gasteiger partial charge in [0.2, 0.25) is 10.0 Å². The van der Waals surface area contributed by atoms with E-state index >= 15 is 0 Å². The van der Waals surface area contributed by atoms with Gasteiger partial charge in [0.1, 0.15) is 10.7 Å². The number of nitrogens with one attached hydrogen (secondary N) is 2. The van der Waals surface area contributed by atoms with Crippen LogP contribution < -0.4 is 16.0 Å². The Balaban J connectivity index is 2.82. The highest BCUT2D eigenvalue weighted by atomic mass is 32.2. The smallest absolute Gasteiger partial charge is 0.242 e. The molecular formula is C9H16N4O3S. The van der Waals surface area contributed by atoms with E-state index in [4.69, 9.17) is 10.6 Å². The molecule has 0 aromatic carbocycles. The molecule has 4 N–H and O–H groups in total. The lowest BCUT2D eigenvalue weighted by atomic mass is 10.4. The van der Waals surface area contributed by atoms with Gasteiger partial charge in [0.05, 0.1) is 6.61 Å². The molecule has 1 heterocycles. The maximum absolute atomic E-state index is 11.9. The number of aromatic nitrogens is 1. The molecule has 17 heavy (non-hydrogen) atoms. The van der Waals surface area contributed by atoms with Crippen molar-refractivity contribution >= 4 is 15.8 Å². The molecule has 0 fully saturated rings. The fourth-order valence-corrected chi connectivity index (χ4v) is 2.41. The zero-order chi connectivity index (χ0) is 12.9. The third kappa shape index (κ3) is 3.93. The Morgan fingerprint density at radius 2 is 2.24 bits per heavy atom. The Labute approximate surface area is 100 Å². The minimum atomic E-state index is -3.57. The number of anilines is 1. The molecule has 8 heteroatoms. The predicted molar refractivity (Wildman–Crippen MR) is 63.7 cm³/mol. The van der Waals surface area contributed by atoms with Gasteiger partial charge in [-0.2, -0.15) is 0 Å². The zero-order valence-corrected chi connectivity index (χ0v) is 10.5. The molecule has 1 rings (SSSR count). The summed E-state index contributed by atoms with van der Waals surface area (Å²) in [6.45, 7) is 2.01. The van der Waals surface area contributed by atoms with Gasteiger partial charge >= 0.3 is 0 Å². The minimum Gasteiger partial charge on any atom is -0.383 e. The second-order valence-electron chi connectivity index (χ2n) is 3.50. The first kappa shape index (κ1) is 13.8. The Morgan fingerprint density at radius 1 is 1.53 bits per heavy atom. The molecule has 0 amide bonds. The topological polar surface area (TPSA) is 106 Å². The SMILES string of the molecule is COCC(C)NS(=O)(=O)c1ccc(NN)nc1. The van der Waals surface area contributed by atoms with Crippen LogP contribution in [0.25, 0.3) is 0 Å². The van der Waals surface area contributed by atoms with E-state index in [1.165, 1.54) is 25.4 Å². The number of ether oxygens (including phenoxy) is 1. The predicted octanol–water partition coefficient (Wildman–Crippen LogP) is -0.320. The second-order valence-corrected chi connectivity index (χ2v) is 5.22. The number of hydrazine groups is 1. The summed E-state index contributed by atoms with van der Waals surface area (Å²) >= 11 is 0. The van der Waals surface area contributed by atoms with Gasteiger partial charge in [-0.05, 0) is 19.1 Å². The van der Waals surface area contributed by atoms with Crippen LogP contribution in [0.2, 0.25) is 0 Å². The van der Waals surface area contributed by atoms with Crippen molar-refractivity contribution in [3.05, 3.63) is 18.3 Å². The molecule has 0 radical (unpaired) electrons. The quantitative estimate of drug-likeness (QED) is 0.478. The molecule has 96 valence electrons. The van der Waals surface area contributed by atoms with Crippen LogP contribution in [0.3, 0.4) is 0 Å². The number of nitrogens with zero attached hydrogens (tertiary/aromatic N) is 1. The summed E-state index contributed by atoms with van der Waals surface area (Å²) < 4.78 is 31.0. The van der Waals surface area contributed by atoms with Crippen LogP contribution in [0, 0.1) is 0 Å². The Bertz CT molecular complexity index is 446. The number of sulfonamides is 1. The fraction of sp³-hybridized carbons (Fsp3) is 0.444. The number of hydrogen-bond acceptors (Lipinski definition) is 6. The first-order chi connectivity index (χ1) is 7.99. The van der Waals surface area contributed by atoms with Crippen molar-refractivity contribution in [1.29, 1.82) is 0 Å². The van der Waals surface area contributed by atoms with Crippen molar-refractivity contribution in [3.8, 4) is 0 Å². The minimum absolute atomic E-state index is 0.0828.